The van der Waals surface area contributed by atoms with Gasteiger partial charge in [0.1, 0.15) is 60.3 Å². The van der Waals surface area contributed by atoms with E-state index < -0.39 is 89.4 Å². The second kappa shape index (κ2) is 29.0. The number of aryl methyl sites for hydroxylation is 1. The van der Waals surface area contributed by atoms with Crippen molar-refractivity contribution >= 4 is 90.4 Å². The molecule has 0 radical (unpaired) electrons. The van der Waals surface area contributed by atoms with Crippen LogP contribution < -0.4 is 37.1 Å². The average Bonchev–Trinajstić information content (AvgIpc) is 1.57. The topological polar surface area (TPSA) is 407 Å². The number of H-pyrrole nitrogens is 1. The van der Waals surface area contributed by atoms with Crippen LogP contribution in [0.25, 0.3) is 44.5 Å². The third-order valence-corrected chi connectivity index (χ3v) is 20.8. The zero-order chi connectivity index (χ0) is 64.0. The number of carboxylic acid groups (broad SMARTS) is 1. The fourth-order valence-electron chi connectivity index (χ4n) is 10.5. The Balaban J connectivity index is 0.830. The molecule has 4 unspecified atom stereocenters. The van der Waals surface area contributed by atoms with E-state index in [0.29, 0.717) is 65.8 Å². The van der Waals surface area contributed by atoms with Crippen LogP contribution in [0.3, 0.4) is 0 Å². The van der Waals surface area contributed by atoms with Gasteiger partial charge in [0.05, 0.1) is 35.8 Å². The molecular weight excluding hydrogens is 1270 g/mol. The Hall–Kier alpha value is -6.15. The summed E-state index contributed by atoms with van der Waals surface area (Å²) < 4.78 is 84.8. The maximum atomic E-state index is 13.7. The highest BCUT2D eigenvalue weighted by molar-refractivity contribution is 8.76. The van der Waals surface area contributed by atoms with Crippen LogP contribution in [0, 0.1) is 6.92 Å². The molecule has 0 bridgehead atoms. The second-order valence-corrected chi connectivity index (χ2v) is 27.4. The van der Waals surface area contributed by atoms with Gasteiger partial charge >= 0.3 is 35.1 Å². The summed E-state index contributed by atoms with van der Waals surface area (Å²) in [5, 5.41) is 20.4. The van der Waals surface area contributed by atoms with Crippen molar-refractivity contribution in [3.05, 3.63) is 116 Å². The monoisotopic (exact) mass is 1330 g/mol. The van der Waals surface area contributed by atoms with E-state index in [2.05, 4.69) is 71.2 Å². The summed E-state index contributed by atoms with van der Waals surface area (Å²) in [6.45, 7) is 12.6. The van der Waals surface area contributed by atoms with Gasteiger partial charge in [-0.3, -0.25) is 23.7 Å². The number of aromatic nitrogens is 6. The average molecular weight is 1330 g/mol. The quantitative estimate of drug-likeness (QED) is 0.00601. The van der Waals surface area contributed by atoms with Crippen LogP contribution in [-0.2, 0) is 45.8 Å². The Kier molecular flexibility index (Phi) is 21.9. The first-order valence-corrected chi connectivity index (χ1v) is 35.2. The number of fused-ring (bicyclic) bond motifs is 3. The van der Waals surface area contributed by atoms with Crippen molar-refractivity contribution in [1.82, 2.24) is 39.2 Å². The lowest BCUT2D eigenvalue weighted by Crippen LogP contribution is -2.33. The number of unbranched alkanes of at least 4 members (excludes halogenated alkanes) is 2. The van der Waals surface area contributed by atoms with Crippen LogP contribution in [0.15, 0.2) is 87.3 Å². The first-order chi connectivity index (χ1) is 42.4. The highest BCUT2D eigenvalue weighted by Crippen LogP contribution is 2.66. The normalized spacial score (nSPS) is 20.1. The van der Waals surface area contributed by atoms with Crippen LogP contribution in [-0.4, -0.2) is 141 Å². The lowest BCUT2D eigenvalue weighted by atomic mass is 9.89. The number of nitrogens with one attached hydrogen (secondary N) is 2. The summed E-state index contributed by atoms with van der Waals surface area (Å²) in [6, 6.07) is 16.6. The number of anilines is 2. The predicted octanol–water partition coefficient (Wildman–Crippen LogP) is 6.73. The van der Waals surface area contributed by atoms with Gasteiger partial charge in [0.2, 0.25) is 5.36 Å². The summed E-state index contributed by atoms with van der Waals surface area (Å²) in [5.74, 6) is -0.917. The van der Waals surface area contributed by atoms with Crippen molar-refractivity contribution in [1.29, 1.82) is 0 Å². The SMILES string of the molecule is CCN(CC)c1ccc2c(-c3ccc(C(=O)NCCCCCO[C@@H]4CC(n5cc6c(N)ncnc6n5)O[C@@H]4SSCO[C@@H]4CC(n5cc(C)c(=O)[nH]c5=O)O[C@@H]4COP(=O)(O)OP(=O)(O)OP(=O)(O)O)cc3C(=O)O)c3ccc(=[N+](CC)CC)cc-3oc2c1. The molecule has 5 aromatic rings. The molecule has 2 fully saturated rings. The van der Waals surface area contributed by atoms with Crippen molar-refractivity contribution in [2.45, 2.75) is 103 Å². The number of aromatic amines is 1. The number of carboxylic acids is 1. The zero-order valence-electron chi connectivity index (χ0n) is 48.8. The van der Waals surface area contributed by atoms with E-state index in [1.807, 2.05) is 36.4 Å². The molecule has 2 saturated heterocycles. The minimum atomic E-state index is -5.85. The number of carbonyl (C=O) groups excluding carboxylic acids is 1. The number of phosphoric acid groups is 3. The number of carbonyl (C=O) groups is 2. The van der Waals surface area contributed by atoms with Crippen molar-refractivity contribution in [2.75, 3.05) is 62.5 Å². The highest BCUT2D eigenvalue weighted by atomic mass is 33.1. The number of rotatable bonds is 29. The predicted molar refractivity (Wildman–Crippen MR) is 329 cm³/mol. The molecule has 30 nitrogen and oxygen atoms in total. The number of nitrogen functional groups attached to an aromatic ring is 1. The zero-order valence-corrected chi connectivity index (χ0v) is 53.1. The summed E-state index contributed by atoms with van der Waals surface area (Å²) >= 11 is 0. The number of benzene rings is 3. The van der Waals surface area contributed by atoms with Gasteiger partial charge in [-0.15, -0.1) is 5.10 Å². The van der Waals surface area contributed by atoms with Crippen molar-refractivity contribution in [3.63, 3.8) is 0 Å². The van der Waals surface area contributed by atoms with Crippen LogP contribution in [0.2, 0.25) is 0 Å². The van der Waals surface area contributed by atoms with Gasteiger partial charge < -0.3 is 64.0 Å². The van der Waals surface area contributed by atoms with Gasteiger partial charge in [0, 0.05) is 96.9 Å². The lowest BCUT2D eigenvalue weighted by Gasteiger charge is -2.22. The maximum absolute atomic E-state index is 13.7. The van der Waals surface area contributed by atoms with Crippen LogP contribution in [0.5, 0.6) is 0 Å². The highest BCUT2D eigenvalue weighted by Gasteiger charge is 2.44. The number of aromatic carboxylic acids is 1. The van der Waals surface area contributed by atoms with Crippen LogP contribution in [0.1, 0.15) is 98.5 Å². The lowest BCUT2D eigenvalue weighted by molar-refractivity contribution is -0.0543. The first kappa shape index (κ1) is 67.2. The molecule has 8 atom stereocenters. The first-order valence-electron chi connectivity index (χ1n) is 28.3. The Labute approximate surface area is 515 Å². The molecule has 1 amide bonds. The molecule has 9 rings (SSSR count). The van der Waals surface area contributed by atoms with E-state index in [1.54, 1.807) is 23.0 Å². The Bertz CT molecular complexity index is 4040. The van der Waals surface area contributed by atoms with E-state index >= 15 is 0 Å². The molecule has 1 aliphatic carbocycles. The van der Waals surface area contributed by atoms with Gasteiger partial charge in [-0.2, -0.15) is 8.62 Å². The molecule has 35 heteroatoms. The third kappa shape index (κ3) is 16.5. The minimum absolute atomic E-state index is 0.0412. The fraction of sp³-hybridized carbons (Fsp3) is 0.444. The molecule has 3 aliphatic heterocycles. The Morgan fingerprint density at radius 3 is 2.34 bits per heavy atom. The third-order valence-electron chi connectivity index (χ3n) is 14.8. The van der Waals surface area contributed by atoms with E-state index in [1.165, 1.54) is 47.1 Å². The second-order valence-electron chi connectivity index (χ2n) is 20.5. The molecule has 480 valence electrons. The van der Waals surface area contributed by atoms with Gasteiger partial charge in [-0.05, 0) is 89.8 Å². The molecule has 3 aromatic heterocycles. The smallest absolute Gasteiger partial charge is 0.478 e. The number of hydrogen-bond donors (Lipinski definition) is 8. The standard InChI is InChI=1S/C54H67N10O20P3S2/c1-6-61(7-2)33-14-17-36-40(22-33)80-41-23-34(62(8-3)9-4)15-18-37(41)47(36)35-16-13-32(21-38(35)52(67)68)51(66)56-19-11-10-12-20-77-43-25-46(64-27-39-48(55)57-29-58-49(39)60-64)82-53(43)89-88-30-78-42-24-45(63-26-31(5)50(65)59-54(63)69)81-44(42)28-79-86(73,74)84-87(75,76)83-85(70,71)72/h13-18,21-23,26-27,29,42-46,53H,6-12,19-20,24-25,28,30H2,1-5H3,(H8-,55,56,57,58,59,60,65,66,67,68,69,70,71,72,73,74,75,76)/p+1/t42-,43-,44-,45?,46?,53-/m1/s1. The molecule has 89 heavy (non-hydrogen) atoms. The largest absolute Gasteiger partial charge is 0.490 e. The van der Waals surface area contributed by atoms with Gasteiger partial charge in [0.15, 0.2) is 11.9 Å². The number of nitrogens with zero attached hydrogens (tertiary/aromatic N) is 7. The Morgan fingerprint density at radius 2 is 1.62 bits per heavy atom. The maximum Gasteiger partial charge on any atom is 0.490 e. The number of nitrogens with two attached hydrogens (primary N) is 1. The number of ether oxygens (including phenoxy) is 4. The molecule has 6 heterocycles. The Morgan fingerprint density at radius 1 is 0.865 bits per heavy atom. The van der Waals surface area contributed by atoms with Crippen LogP contribution in [0.4, 0.5) is 11.5 Å². The van der Waals surface area contributed by atoms with E-state index in [9.17, 15) is 47.8 Å². The van der Waals surface area contributed by atoms with Crippen molar-refractivity contribution < 1.29 is 84.5 Å². The van der Waals surface area contributed by atoms with Gasteiger partial charge in [-0.25, -0.2) is 42.5 Å². The van der Waals surface area contributed by atoms with Crippen molar-refractivity contribution in [3.8, 4) is 22.5 Å². The number of amides is 1. The molecule has 9 N–H and O–H groups in total. The fourth-order valence-corrected chi connectivity index (χ4v) is 15.6. The molecule has 2 aromatic carbocycles. The molecular formula is C54H68N10O20P3S2+. The minimum Gasteiger partial charge on any atom is -0.478 e. The van der Waals surface area contributed by atoms with E-state index in [4.69, 9.17) is 43.4 Å². The number of hydrogen-bond acceptors (Lipinski definition) is 22. The molecule has 0 saturated carbocycles. The summed E-state index contributed by atoms with van der Waals surface area (Å²) in [4.78, 5) is 102. The van der Waals surface area contributed by atoms with Crippen molar-refractivity contribution in [2.24, 2.45) is 0 Å². The molecule has 4 aliphatic rings. The summed E-state index contributed by atoms with van der Waals surface area (Å²) in [7, 11) is -14.7. The van der Waals surface area contributed by atoms with Gasteiger partial charge in [0.25, 0.3) is 11.5 Å². The van der Waals surface area contributed by atoms with E-state index in [-0.39, 0.29) is 41.4 Å². The molecule has 0 spiro atoms. The van der Waals surface area contributed by atoms with Crippen LogP contribution >= 0.6 is 45.1 Å². The number of phosphoric ester groups is 1. The van der Waals surface area contributed by atoms with E-state index in [0.717, 1.165) is 52.7 Å². The summed E-state index contributed by atoms with van der Waals surface area (Å²) in [5.41, 5.74) is 8.04. The summed E-state index contributed by atoms with van der Waals surface area (Å²) in [6.07, 6.45) is 1.66. The van der Waals surface area contributed by atoms with Gasteiger partial charge in [-0.1, -0.05) is 27.7 Å².